The summed E-state index contributed by atoms with van der Waals surface area (Å²) in [5, 5.41) is 24.7. The summed E-state index contributed by atoms with van der Waals surface area (Å²) in [4.78, 5) is 22.4. The van der Waals surface area contributed by atoms with Crippen molar-refractivity contribution in [2.24, 2.45) is 0 Å². The lowest BCUT2D eigenvalue weighted by molar-refractivity contribution is -0.389. The van der Waals surface area contributed by atoms with Crippen molar-refractivity contribution < 1.29 is 9.72 Å². The number of carbonyl (C=O) groups is 1. The van der Waals surface area contributed by atoms with Gasteiger partial charge in [0.25, 0.3) is 5.91 Å². The normalized spacial score (nSPS) is 10.8. The zero-order chi connectivity index (χ0) is 19.7. The van der Waals surface area contributed by atoms with Gasteiger partial charge in [0.1, 0.15) is 0 Å². The topological polar surface area (TPSA) is 119 Å². The Balaban J connectivity index is 1.82. The molecule has 3 rings (SSSR count). The molecule has 0 spiro atoms. The first-order valence-corrected chi connectivity index (χ1v) is 8.51. The average molecular weight is 409 g/mol. The first-order valence-electron chi connectivity index (χ1n) is 7.75. The number of benzene rings is 1. The second kappa shape index (κ2) is 7.37. The van der Waals surface area contributed by atoms with E-state index in [1.165, 1.54) is 0 Å². The van der Waals surface area contributed by atoms with Gasteiger partial charge in [-0.25, -0.2) is 0 Å². The van der Waals surface area contributed by atoms with Crippen LogP contribution in [0.4, 0.5) is 11.5 Å². The van der Waals surface area contributed by atoms with E-state index in [9.17, 15) is 14.9 Å². The summed E-state index contributed by atoms with van der Waals surface area (Å²) >= 11 is 12.1. The Morgan fingerprint density at radius 2 is 2.07 bits per heavy atom. The van der Waals surface area contributed by atoms with Crippen LogP contribution in [0.15, 0.2) is 24.3 Å². The van der Waals surface area contributed by atoms with E-state index in [0.717, 1.165) is 11.6 Å². The van der Waals surface area contributed by atoms with Crippen molar-refractivity contribution in [2.45, 2.75) is 20.4 Å². The third kappa shape index (κ3) is 3.93. The van der Waals surface area contributed by atoms with Crippen LogP contribution in [0.5, 0.6) is 0 Å². The van der Waals surface area contributed by atoms with Crippen molar-refractivity contribution in [3.8, 4) is 0 Å². The highest BCUT2D eigenvalue weighted by Gasteiger charge is 2.20. The fourth-order valence-corrected chi connectivity index (χ4v) is 3.01. The Bertz CT molecular complexity index is 1040. The lowest BCUT2D eigenvalue weighted by atomic mass is 10.2. The first kappa shape index (κ1) is 18.9. The number of aromatic nitrogens is 4. The molecule has 2 N–H and O–H groups in total. The quantitative estimate of drug-likeness (QED) is 0.492. The van der Waals surface area contributed by atoms with Gasteiger partial charge in [-0.1, -0.05) is 34.4 Å². The molecule has 140 valence electrons. The Kier molecular flexibility index (Phi) is 5.15. The zero-order valence-corrected chi connectivity index (χ0v) is 15.8. The number of aryl methyl sites for hydroxylation is 1. The van der Waals surface area contributed by atoms with E-state index in [1.54, 1.807) is 30.7 Å². The van der Waals surface area contributed by atoms with Gasteiger partial charge in [-0.15, -0.1) is 5.10 Å². The summed E-state index contributed by atoms with van der Waals surface area (Å²) in [5.41, 5.74) is 2.55. The highest BCUT2D eigenvalue weighted by molar-refractivity contribution is 6.35. The number of nitrogens with zero attached hydrogens (tertiary/aromatic N) is 4. The maximum absolute atomic E-state index is 12.3. The third-order valence-corrected chi connectivity index (χ3v) is 4.54. The molecule has 1 aromatic carbocycles. The maximum Gasteiger partial charge on any atom is 0.343 e. The van der Waals surface area contributed by atoms with Gasteiger partial charge in [-0.05, 0) is 36.5 Å². The average Bonchev–Trinajstić information content (AvgIpc) is 3.19. The van der Waals surface area contributed by atoms with E-state index >= 15 is 0 Å². The number of rotatable bonds is 5. The number of aromatic amines is 1. The largest absolute Gasteiger partial charge is 0.358 e. The summed E-state index contributed by atoms with van der Waals surface area (Å²) in [6.45, 7) is 3.94. The van der Waals surface area contributed by atoms with Gasteiger partial charge in [0, 0.05) is 10.0 Å². The number of amides is 1. The van der Waals surface area contributed by atoms with Crippen LogP contribution >= 0.6 is 23.2 Å². The fraction of sp³-hybridized carbons (Fsp3) is 0.188. The lowest BCUT2D eigenvalue weighted by Gasteiger charge is -2.08. The van der Waals surface area contributed by atoms with Gasteiger partial charge in [-0.3, -0.25) is 9.48 Å². The van der Waals surface area contributed by atoms with Crippen LogP contribution in [0.3, 0.4) is 0 Å². The number of halogens is 2. The van der Waals surface area contributed by atoms with Crippen molar-refractivity contribution in [3.05, 3.63) is 67.1 Å². The first-order chi connectivity index (χ1) is 12.8. The van der Waals surface area contributed by atoms with E-state index < -0.39 is 10.8 Å². The van der Waals surface area contributed by atoms with Crippen LogP contribution in [-0.4, -0.2) is 30.8 Å². The van der Waals surface area contributed by atoms with E-state index in [-0.39, 0.29) is 11.5 Å². The summed E-state index contributed by atoms with van der Waals surface area (Å²) in [7, 11) is 0. The molecule has 0 bridgehead atoms. The molecule has 0 atom stereocenters. The number of nitrogens with one attached hydrogen (secondary N) is 2. The van der Waals surface area contributed by atoms with Crippen LogP contribution in [-0.2, 0) is 6.54 Å². The van der Waals surface area contributed by atoms with E-state index in [4.69, 9.17) is 23.2 Å². The second-order valence-electron chi connectivity index (χ2n) is 5.79. The molecule has 2 aromatic heterocycles. The monoisotopic (exact) mass is 408 g/mol. The predicted octanol–water partition coefficient (Wildman–Crippen LogP) is 3.74. The van der Waals surface area contributed by atoms with Gasteiger partial charge < -0.3 is 15.4 Å². The molecule has 3 aromatic rings. The van der Waals surface area contributed by atoms with Crippen molar-refractivity contribution >= 4 is 40.6 Å². The maximum atomic E-state index is 12.3. The molecule has 9 nitrogen and oxygen atoms in total. The SMILES string of the molecule is Cc1nn(Cc2ccc(Cl)cc2Cl)c(C)c1NC(=O)c1cc([N+](=O)[O-])[nH]n1. The summed E-state index contributed by atoms with van der Waals surface area (Å²) < 4.78 is 1.70. The van der Waals surface area contributed by atoms with Crippen molar-refractivity contribution in [1.29, 1.82) is 0 Å². The molecular formula is C16H14Cl2N6O3. The minimum absolute atomic E-state index is 0.0889. The fourth-order valence-electron chi connectivity index (χ4n) is 2.54. The zero-order valence-electron chi connectivity index (χ0n) is 14.3. The van der Waals surface area contributed by atoms with Gasteiger partial charge in [0.05, 0.1) is 29.7 Å². The molecule has 0 unspecified atom stereocenters. The van der Waals surface area contributed by atoms with Crippen LogP contribution in [0.25, 0.3) is 0 Å². The summed E-state index contributed by atoms with van der Waals surface area (Å²) in [6.07, 6.45) is 0. The number of hydrogen-bond donors (Lipinski definition) is 2. The standard InChI is InChI=1S/C16H14Cl2N6O3/c1-8-15(19-16(25)13-6-14(21-20-13)24(26)27)9(2)23(22-8)7-10-3-4-11(17)5-12(10)18/h3-6H,7H2,1-2H3,(H,19,25)(H,20,21). The molecule has 0 fully saturated rings. The van der Waals surface area contributed by atoms with Crippen molar-refractivity contribution in [2.75, 3.05) is 5.32 Å². The minimum Gasteiger partial charge on any atom is -0.358 e. The van der Waals surface area contributed by atoms with Crippen LogP contribution < -0.4 is 5.32 Å². The van der Waals surface area contributed by atoms with Crippen molar-refractivity contribution in [3.63, 3.8) is 0 Å². The molecule has 0 aliphatic heterocycles. The van der Waals surface area contributed by atoms with Crippen molar-refractivity contribution in [1.82, 2.24) is 20.0 Å². The second-order valence-corrected chi connectivity index (χ2v) is 6.63. The van der Waals surface area contributed by atoms with E-state index in [1.807, 2.05) is 6.07 Å². The Labute approximate surface area is 163 Å². The molecule has 11 heteroatoms. The molecular weight excluding hydrogens is 395 g/mol. The third-order valence-electron chi connectivity index (χ3n) is 3.95. The molecule has 0 aliphatic rings. The van der Waals surface area contributed by atoms with Gasteiger partial charge in [-0.2, -0.15) is 5.10 Å². The highest BCUT2D eigenvalue weighted by Crippen LogP contribution is 2.25. The number of hydrogen-bond acceptors (Lipinski definition) is 5. The van der Waals surface area contributed by atoms with E-state index in [0.29, 0.717) is 33.7 Å². The van der Waals surface area contributed by atoms with Crippen LogP contribution in [0, 0.1) is 24.0 Å². The number of anilines is 1. The smallest absolute Gasteiger partial charge is 0.343 e. The number of nitro groups is 1. The number of H-pyrrole nitrogens is 1. The minimum atomic E-state index is -0.659. The van der Waals surface area contributed by atoms with Crippen LogP contribution in [0.1, 0.15) is 27.4 Å². The molecule has 0 radical (unpaired) electrons. The Morgan fingerprint density at radius 3 is 2.70 bits per heavy atom. The number of carbonyl (C=O) groups excluding carboxylic acids is 1. The molecule has 27 heavy (non-hydrogen) atoms. The Hall–Kier alpha value is -2.91. The molecule has 0 saturated heterocycles. The Morgan fingerprint density at radius 1 is 1.33 bits per heavy atom. The van der Waals surface area contributed by atoms with Gasteiger partial charge in [0.2, 0.25) is 0 Å². The van der Waals surface area contributed by atoms with Crippen LogP contribution in [0.2, 0.25) is 10.0 Å². The summed E-state index contributed by atoms with van der Waals surface area (Å²) in [6, 6.07) is 6.26. The van der Waals surface area contributed by atoms with E-state index in [2.05, 4.69) is 20.6 Å². The molecule has 0 aliphatic carbocycles. The predicted molar refractivity (Wildman–Crippen MR) is 100 cm³/mol. The summed E-state index contributed by atoms with van der Waals surface area (Å²) in [5.74, 6) is -0.934. The molecule has 2 heterocycles. The lowest BCUT2D eigenvalue weighted by Crippen LogP contribution is -2.14. The molecule has 0 saturated carbocycles. The highest BCUT2D eigenvalue weighted by atomic mass is 35.5. The molecule has 1 amide bonds. The van der Waals surface area contributed by atoms with Gasteiger partial charge >= 0.3 is 5.82 Å². The van der Waals surface area contributed by atoms with Gasteiger partial charge in [0.15, 0.2) is 5.69 Å².